The van der Waals surface area contributed by atoms with Crippen molar-refractivity contribution in [3.8, 4) is 0 Å². The Hall–Kier alpha value is -0.0800. The van der Waals surface area contributed by atoms with E-state index in [9.17, 15) is 5.11 Å². The van der Waals surface area contributed by atoms with Crippen molar-refractivity contribution in [3.63, 3.8) is 0 Å². The van der Waals surface area contributed by atoms with Crippen LogP contribution in [0.2, 0.25) is 0 Å². The Balaban J connectivity index is 4.33. The molecule has 0 fully saturated rings. The summed E-state index contributed by atoms with van der Waals surface area (Å²) in [5.74, 6) is 0. The number of aliphatic hydroxyl groups excluding tert-OH is 1. The van der Waals surface area contributed by atoms with Crippen LogP contribution < -0.4 is 0 Å². The standard InChI is InChI=1S/C9H20O2/c1-5-6-9(4,7-10)8(2,3)11/h10-11H,5-7H2,1-4H3. The predicted octanol–water partition coefficient (Wildman–Crippen LogP) is 1.56. The van der Waals surface area contributed by atoms with Gasteiger partial charge in [0, 0.05) is 5.41 Å². The highest BCUT2D eigenvalue weighted by atomic mass is 16.3. The lowest BCUT2D eigenvalue weighted by Gasteiger charge is -2.38. The van der Waals surface area contributed by atoms with Crippen LogP contribution in [0, 0.1) is 5.41 Å². The molecule has 2 heteroatoms. The van der Waals surface area contributed by atoms with E-state index < -0.39 is 5.60 Å². The van der Waals surface area contributed by atoms with Crippen LogP contribution in [0.1, 0.15) is 40.5 Å². The quantitative estimate of drug-likeness (QED) is 0.655. The second kappa shape index (κ2) is 3.55. The smallest absolute Gasteiger partial charge is 0.0666 e. The molecular weight excluding hydrogens is 140 g/mol. The van der Waals surface area contributed by atoms with Gasteiger partial charge in [-0.1, -0.05) is 20.3 Å². The SMILES string of the molecule is CCCC(C)(CO)C(C)(C)O. The van der Waals surface area contributed by atoms with E-state index in [4.69, 9.17) is 5.11 Å². The van der Waals surface area contributed by atoms with Crippen LogP contribution in [0.3, 0.4) is 0 Å². The summed E-state index contributed by atoms with van der Waals surface area (Å²) >= 11 is 0. The first kappa shape index (κ1) is 10.9. The first-order valence-electron chi connectivity index (χ1n) is 4.20. The van der Waals surface area contributed by atoms with Crippen molar-refractivity contribution in [2.75, 3.05) is 6.61 Å². The van der Waals surface area contributed by atoms with Gasteiger partial charge in [0.1, 0.15) is 0 Å². The Bertz CT molecular complexity index is 115. The summed E-state index contributed by atoms with van der Waals surface area (Å²) in [6.07, 6.45) is 1.84. The first-order valence-corrected chi connectivity index (χ1v) is 4.20. The lowest BCUT2D eigenvalue weighted by Crippen LogP contribution is -2.43. The van der Waals surface area contributed by atoms with Crippen LogP contribution >= 0.6 is 0 Å². The summed E-state index contributed by atoms with van der Waals surface area (Å²) in [7, 11) is 0. The minimum atomic E-state index is -0.794. The molecule has 0 rings (SSSR count). The Morgan fingerprint density at radius 1 is 1.18 bits per heavy atom. The third kappa shape index (κ3) is 2.46. The van der Waals surface area contributed by atoms with Crippen molar-refractivity contribution in [1.29, 1.82) is 0 Å². The van der Waals surface area contributed by atoms with Gasteiger partial charge in [0.2, 0.25) is 0 Å². The molecule has 2 N–H and O–H groups in total. The molecule has 0 aromatic heterocycles. The number of hydrogen-bond donors (Lipinski definition) is 2. The molecule has 1 unspecified atom stereocenters. The van der Waals surface area contributed by atoms with Crippen LogP contribution in [0.5, 0.6) is 0 Å². The van der Waals surface area contributed by atoms with Crippen molar-refractivity contribution >= 4 is 0 Å². The summed E-state index contributed by atoms with van der Waals surface area (Å²) in [4.78, 5) is 0. The van der Waals surface area contributed by atoms with Gasteiger partial charge in [-0.2, -0.15) is 0 Å². The lowest BCUT2D eigenvalue weighted by atomic mass is 9.73. The van der Waals surface area contributed by atoms with Crippen LogP contribution in [0.4, 0.5) is 0 Å². The molecule has 0 heterocycles. The molecule has 0 amide bonds. The second-order valence-electron chi connectivity index (χ2n) is 4.03. The molecule has 0 saturated carbocycles. The molecule has 11 heavy (non-hydrogen) atoms. The normalized spacial score (nSPS) is 18.0. The summed E-state index contributed by atoms with van der Waals surface area (Å²) < 4.78 is 0. The van der Waals surface area contributed by atoms with Gasteiger partial charge in [0.25, 0.3) is 0 Å². The fourth-order valence-corrected chi connectivity index (χ4v) is 1.13. The van der Waals surface area contributed by atoms with E-state index in [1.807, 2.05) is 6.92 Å². The molecule has 0 saturated heterocycles. The minimum absolute atomic E-state index is 0.0460. The van der Waals surface area contributed by atoms with E-state index in [1.54, 1.807) is 13.8 Å². The van der Waals surface area contributed by atoms with Gasteiger partial charge in [-0.05, 0) is 20.3 Å². The minimum Gasteiger partial charge on any atom is -0.396 e. The summed E-state index contributed by atoms with van der Waals surface area (Å²) in [5, 5.41) is 18.8. The molecular formula is C9H20O2. The fraction of sp³-hybridized carbons (Fsp3) is 1.00. The van der Waals surface area contributed by atoms with E-state index >= 15 is 0 Å². The number of aliphatic hydroxyl groups is 2. The molecule has 68 valence electrons. The summed E-state index contributed by atoms with van der Waals surface area (Å²) in [6.45, 7) is 7.51. The molecule has 0 radical (unpaired) electrons. The number of hydrogen-bond acceptors (Lipinski definition) is 2. The van der Waals surface area contributed by atoms with E-state index in [1.165, 1.54) is 0 Å². The summed E-state index contributed by atoms with van der Waals surface area (Å²) in [6, 6.07) is 0. The monoisotopic (exact) mass is 160 g/mol. The molecule has 0 aliphatic carbocycles. The maximum Gasteiger partial charge on any atom is 0.0666 e. The molecule has 2 nitrogen and oxygen atoms in total. The zero-order valence-corrected chi connectivity index (χ0v) is 8.02. The third-order valence-corrected chi connectivity index (χ3v) is 2.63. The van der Waals surface area contributed by atoms with E-state index in [0.717, 1.165) is 12.8 Å². The van der Waals surface area contributed by atoms with Crippen LogP contribution in [0.15, 0.2) is 0 Å². The van der Waals surface area contributed by atoms with Gasteiger partial charge < -0.3 is 10.2 Å². The average Bonchev–Trinajstić information content (AvgIpc) is 1.86. The van der Waals surface area contributed by atoms with Gasteiger partial charge in [-0.3, -0.25) is 0 Å². The maximum absolute atomic E-state index is 9.71. The van der Waals surface area contributed by atoms with Gasteiger partial charge in [0.05, 0.1) is 12.2 Å². The Morgan fingerprint density at radius 3 is 1.73 bits per heavy atom. The first-order chi connectivity index (χ1) is 4.87. The van der Waals surface area contributed by atoms with Crippen molar-refractivity contribution < 1.29 is 10.2 Å². The second-order valence-corrected chi connectivity index (χ2v) is 4.03. The molecule has 0 aromatic rings. The maximum atomic E-state index is 9.71. The van der Waals surface area contributed by atoms with Crippen molar-refractivity contribution in [2.24, 2.45) is 5.41 Å². The molecule has 0 aromatic carbocycles. The predicted molar refractivity (Wildman–Crippen MR) is 46.4 cm³/mol. The molecule has 0 bridgehead atoms. The van der Waals surface area contributed by atoms with Gasteiger partial charge in [-0.25, -0.2) is 0 Å². The van der Waals surface area contributed by atoms with E-state index in [2.05, 4.69) is 6.92 Å². The molecule has 0 spiro atoms. The van der Waals surface area contributed by atoms with Crippen LogP contribution in [-0.4, -0.2) is 22.4 Å². The highest BCUT2D eigenvalue weighted by molar-refractivity contribution is 4.88. The van der Waals surface area contributed by atoms with Gasteiger partial charge >= 0.3 is 0 Å². The van der Waals surface area contributed by atoms with Gasteiger partial charge in [0.15, 0.2) is 0 Å². The molecule has 0 aliphatic heterocycles. The van der Waals surface area contributed by atoms with E-state index in [0.29, 0.717) is 0 Å². The van der Waals surface area contributed by atoms with Crippen LogP contribution in [0.25, 0.3) is 0 Å². The zero-order chi connectivity index (χ0) is 9.12. The molecule has 1 atom stereocenters. The highest BCUT2D eigenvalue weighted by Gasteiger charge is 2.37. The Kier molecular flexibility index (Phi) is 3.52. The molecule has 0 aliphatic rings. The fourth-order valence-electron chi connectivity index (χ4n) is 1.13. The largest absolute Gasteiger partial charge is 0.396 e. The third-order valence-electron chi connectivity index (χ3n) is 2.63. The van der Waals surface area contributed by atoms with Crippen molar-refractivity contribution in [2.45, 2.75) is 46.1 Å². The van der Waals surface area contributed by atoms with E-state index in [-0.39, 0.29) is 12.0 Å². The number of rotatable bonds is 4. The zero-order valence-electron chi connectivity index (χ0n) is 8.02. The lowest BCUT2D eigenvalue weighted by molar-refractivity contribution is -0.0783. The van der Waals surface area contributed by atoms with Crippen molar-refractivity contribution in [1.82, 2.24) is 0 Å². The highest BCUT2D eigenvalue weighted by Crippen LogP contribution is 2.34. The Morgan fingerprint density at radius 2 is 1.64 bits per heavy atom. The summed E-state index contributed by atoms with van der Waals surface area (Å²) in [5.41, 5.74) is -1.15. The van der Waals surface area contributed by atoms with Gasteiger partial charge in [-0.15, -0.1) is 0 Å². The van der Waals surface area contributed by atoms with Crippen molar-refractivity contribution in [3.05, 3.63) is 0 Å². The van der Waals surface area contributed by atoms with Crippen LogP contribution in [-0.2, 0) is 0 Å². The Labute approximate surface area is 69.2 Å². The average molecular weight is 160 g/mol. The topological polar surface area (TPSA) is 40.5 Å².